The van der Waals surface area contributed by atoms with E-state index >= 15 is 0 Å². The van der Waals surface area contributed by atoms with Crippen molar-refractivity contribution in [3.8, 4) is 5.75 Å². The zero-order valence-corrected chi connectivity index (χ0v) is 14.8. The Bertz CT molecular complexity index is 435. The van der Waals surface area contributed by atoms with Crippen LogP contribution in [0, 0.1) is 0 Å². The van der Waals surface area contributed by atoms with Gasteiger partial charge in [0.1, 0.15) is 5.75 Å². The van der Waals surface area contributed by atoms with Gasteiger partial charge in [0.2, 0.25) is 0 Å². The van der Waals surface area contributed by atoms with Gasteiger partial charge in [-0.1, -0.05) is 35.8 Å². The third kappa shape index (κ3) is 4.97. The molecular formula is C17H27BrN2O. The molecule has 4 heteroatoms. The molecule has 1 atom stereocenters. The number of nitrogens with one attached hydrogen (secondary N) is 1. The molecule has 1 aromatic carbocycles. The van der Waals surface area contributed by atoms with Gasteiger partial charge in [-0.05, 0) is 57.6 Å². The standard InChI is InChI=1S/C17H27BrN2O/c1-3-20(4-2)11-6-10-19-16-7-5-12-21-17-13-14(18)8-9-15(16)17/h8-9,13,16,19H,3-7,10-12H2,1-2H3. The topological polar surface area (TPSA) is 24.5 Å². The molecule has 0 aliphatic carbocycles. The number of nitrogens with zero attached hydrogens (tertiary/aromatic N) is 1. The zero-order valence-electron chi connectivity index (χ0n) is 13.2. The lowest BCUT2D eigenvalue weighted by Gasteiger charge is -2.21. The Morgan fingerprint density at radius 1 is 1.33 bits per heavy atom. The van der Waals surface area contributed by atoms with E-state index in [1.54, 1.807) is 0 Å². The summed E-state index contributed by atoms with van der Waals surface area (Å²) < 4.78 is 6.95. The molecule has 0 aromatic heterocycles. The molecule has 3 nitrogen and oxygen atoms in total. The van der Waals surface area contributed by atoms with E-state index in [1.165, 1.54) is 18.5 Å². The average molecular weight is 355 g/mol. The van der Waals surface area contributed by atoms with Crippen molar-refractivity contribution in [3.05, 3.63) is 28.2 Å². The minimum absolute atomic E-state index is 0.423. The molecule has 118 valence electrons. The van der Waals surface area contributed by atoms with E-state index in [9.17, 15) is 0 Å². The highest BCUT2D eigenvalue weighted by molar-refractivity contribution is 9.10. The first-order valence-electron chi connectivity index (χ1n) is 8.12. The molecule has 1 N–H and O–H groups in total. The van der Waals surface area contributed by atoms with Crippen LogP contribution in [0.5, 0.6) is 5.75 Å². The second kappa shape index (κ2) is 8.76. The fourth-order valence-corrected chi connectivity index (χ4v) is 3.22. The second-order valence-corrected chi connectivity index (χ2v) is 6.48. The largest absolute Gasteiger partial charge is 0.493 e. The van der Waals surface area contributed by atoms with E-state index in [0.717, 1.165) is 49.3 Å². The number of fused-ring (bicyclic) bond motifs is 1. The first kappa shape index (κ1) is 16.8. The van der Waals surface area contributed by atoms with Crippen LogP contribution in [0.15, 0.2) is 22.7 Å². The number of benzene rings is 1. The molecule has 0 radical (unpaired) electrons. The average Bonchev–Trinajstić information content (AvgIpc) is 2.69. The van der Waals surface area contributed by atoms with Crippen molar-refractivity contribution in [2.75, 3.05) is 32.8 Å². The Kier molecular flexibility index (Phi) is 7.00. The van der Waals surface area contributed by atoms with Crippen molar-refractivity contribution in [2.24, 2.45) is 0 Å². The van der Waals surface area contributed by atoms with Crippen molar-refractivity contribution >= 4 is 15.9 Å². The number of halogens is 1. The first-order valence-corrected chi connectivity index (χ1v) is 8.91. The van der Waals surface area contributed by atoms with Crippen LogP contribution < -0.4 is 10.1 Å². The highest BCUT2D eigenvalue weighted by Gasteiger charge is 2.19. The van der Waals surface area contributed by atoms with Gasteiger partial charge in [-0.2, -0.15) is 0 Å². The Balaban J connectivity index is 1.88. The summed E-state index contributed by atoms with van der Waals surface area (Å²) in [5, 5.41) is 3.72. The first-order chi connectivity index (χ1) is 10.2. The molecule has 0 saturated heterocycles. The fraction of sp³-hybridized carbons (Fsp3) is 0.647. The quantitative estimate of drug-likeness (QED) is 0.749. The Labute approximate surface area is 137 Å². The Morgan fingerprint density at radius 2 is 2.14 bits per heavy atom. The van der Waals surface area contributed by atoms with Crippen LogP contribution in [-0.4, -0.2) is 37.7 Å². The van der Waals surface area contributed by atoms with Crippen LogP contribution in [0.2, 0.25) is 0 Å². The Hall–Kier alpha value is -0.580. The van der Waals surface area contributed by atoms with Crippen LogP contribution in [0.4, 0.5) is 0 Å². The molecule has 0 amide bonds. The summed E-state index contributed by atoms with van der Waals surface area (Å²) in [6.45, 7) is 9.81. The van der Waals surface area contributed by atoms with E-state index in [-0.39, 0.29) is 0 Å². The molecule has 2 rings (SSSR count). The van der Waals surface area contributed by atoms with Crippen molar-refractivity contribution in [1.29, 1.82) is 0 Å². The summed E-state index contributed by atoms with van der Waals surface area (Å²) in [6.07, 6.45) is 3.46. The lowest BCUT2D eigenvalue weighted by molar-refractivity contribution is 0.294. The third-order valence-electron chi connectivity index (χ3n) is 4.18. The highest BCUT2D eigenvalue weighted by atomic mass is 79.9. The summed E-state index contributed by atoms with van der Waals surface area (Å²) in [6, 6.07) is 6.81. The van der Waals surface area contributed by atoms with Crippen LogP contribution in [0.25, 0.3) is 0 Å². The summed E-state index contributed by atoms with van der Waals surface area (Å²) in [7, 11) is 0. The van der Waals surface area contributed by atoms with Crippen LogP contribution in [0.3, 0.4) is 0 Å². The molecule has 1 unspecified atom stereocenters. The molecule has 1 aliphatic rings. The van der Waals surface area contributed by atoms with Crippen molar-refractivity contribution in [1.82, 2.24) is 10.2 Å². The van der Waals surface area contributed by atoms with Crippen LogP contribution >= 0.6 is 15.9 Å². The van der Waals surface area contributed by atoms with Gasteiger partial charge in [0.05, 0.1) is 6.61 Å². The highest BCUT2D eigenvalue weighted by Crippen LogP contribution is 2.33. The minimum Gasteiger partial charge on any atom is -0.493 e. The lowest BCUT2D eigenvalue weighted by Crippen LogP contribution is -2.28. The van der Waals surface area contributed by atoms with Gasteiger partial charge in [-0.15, -0.1) is 0 Å². The van der Waals surface area contributed by atoms with Gasteiger partial charge in [0.25, 0.3) is 0 Å². The van der Waals surface area contributed by atoms with Gasteiger partial charge in [-0.25, -0.2) is 0 Å². The van der Waals surface area contributed by atoms with E-state index in [4.69, 9.17) is 4.74 Å². The summed E-state index contributed by atoms with van der Waals surface area (Å²) in [4.78, 5) is 2.48. The molecule has 1 aliphatic heterocycles. The van der Waals surface area contributed by atoms with E-state index < -0.39 is 0 Å². The van der Waals surface area contributed by atoms with Gasteiger partial charge in [-0.3, -0.25) is 0 Å². The SMILES string of the molecule is CCN(CC)CCCNC1CCCOc2cc(Br)ccc21. The van der Waals surface area contributed by atoms with Crippen molar-refractivity contribution in [3.63, 3.8) is 0 Å². The Morgan fingerprint density at radius 3 is 2.90 bits per heavy atom. The van der Waals surface area contributed by atoms with E-state index in [2.05, 4.69) is 58.2 Å². The molecule has 0 fully saturated rings. The zero-order chi connectivity index (χ0) is 15.1. The predicted octanol–water partition coefficient (Wildman–Crippen LogP) is 3.98. The van der Waals surface area contributed by atoms with Crippen LogP contribution in [0.1, 0.15) is 44.7 Å². The van der Waals surface area contributed by atoms with Gasteiger partial charge in [0, 0.05) is 16.1 Å². The monoisotopic (exact) mass is 354 g/mol. The maximum Gasteiger partial charge on any atom is 0.125 e. The van der Waals surface area contributed by atoms with Gasteiger partial charge in [0.15, 0.2) is 0 Å². The number of hydrogen-bond donors (Lipinski definition) is 1. The summed E-state index contributed by atoms with van der Waals surface area (Å²) >= 11 is 3.53. The van der Waals surface area contributed by atoms with E-state index in [0.29, 0.717) is 6.04 Å². The molecule has 21 heavy (non-hydrogen) atoms. The fourth-order valence-electron chi connectivity index (χ4n) is 2.88. The van der Waals surface area contributed by atoms with Gasteiger partial charge < -0.3 is 15.0 Å². The van der Waals surface area contributed by atoms with E-state index in [1.807, 2.05) is 0 Å². The maximum atomic E-state index is 5.86. The molecule has 0 spiro atoms. The van der Waals surface area contributed by atoms with Crippen LogP contribution in [-0.2, 0) is 0 Å². The normalized spacial score (nSPS) is 18.2. The molecule has 0 saturated carbocycles. The smallest absolute Gasteiger partial charge is 0.125 e. The minimum atomic E-state index is 0.423. The second-order valence-electron chi connectivity index (χ2n) is 5.56. The van der Waals surface area contributed by atoms with Crippen molar-refractivity contribution < 1.29 is 4.74 Å². The third-order valence-corrected chi connectivity index (χ3v) is 4.68. The number of hydrogen-bond acceptors (Lipinski definition) is 3. The lowest BCUT2D eigenvalue weighted by atomic mass is 10.0. The van der Waals surface area contributed by atoms with Crippen molar-refractivity contribution in [2.45, 2.75) is 39.2 Å². The molecule has 0 bridgehead atoms. The number of rotatable bonds is 7. The summed E-state index contributed by atoms with van der Waals surface area (Å²) in [5.41, 5.74) is 1.30. The number of ether oxygens (including phenoxy) is 1. The predicted molar refractivity (Wildman–Crippen MR) is 92.0 cm³/mol. The van der Waals surface area contributed by atoms with Gasteiger partial charge >= 0.3 is 0 Å². The maximum absolute atomic E-state index is 5.86. The molecule has 1 aromatic rings. The summed E-state index contributed by atoms with van der Waals surface area (Å²) in [5.74, 6) is 1.03. The molecule has 1 heterocycles. The molecular weight excluding hydrogens is 328 g/mol.